The van der Waals surface area contributed by atoms with Crippen molar-refractivity contribution in [2.24, 2.45) is 0 Å². The maximum atomic E-state index is 13.1. The number of nitrogens with zero attached hydrogens (tertiary/aromatic N) is 5. The molecule has 28 heavy (non-hydrogen) atoms. The molecule has 0 atom stereocenters. The van der Waals surface area contributed by atoms with Gasteiger partial charge in [0.15, 0.2) is 0 Å². The molecule has 0 spiro atoms. The summed E-state index contributed by atoms with van der Waals surface area (Å²) in [7, 11) is 0. The minimum Gasteiger partial charge on any atom is -0.336 e. The van der Waals surface area contributed by atoms with Gasteiger partial charge >= 0.3 is 0 Å². The lowest BCUT2D eigenvalue weighted by Crippen LogP contribution is -2.49. The summed E-state index contributed by atoms with van der Waals surface area (Å²) in [5, 5.41) is 8.95. The van der Waals surface area contributed by atoms with Crippen LogP contribution in [0.3, 0.4) is 0 Å². The molecule has 146 valence electrons. The van der Waals surface area contributed by atoms with Gasteiger partial charge in [0.1, 0.15) is 16.8 Å². The number of nitrogens with one attached hydrogen (secondary N) is 1. The van der Waals surface area contributed by atoms with Crippen LogP contribution in [-0.2, 0) is 6.54 Å². The predicted octanol–water partition coefficient (Wildman–Crippen LogP) is 0.926. The van der Waals surface area contributed by atoms with Gasteiger partial charge in [0.25, 0.3) is 11.5 Å². The van der Waals surface area contributed by atoms with Crippen molar-refractivity contribution in [1.29, 1.82) is 5.41 Å². The number of pyridine rings is 2. The molecular formula is C20H24N6O2. The number of rotatable bonds is 3. The molecule has 0 aromatic carbocycles. The van der Waals surface area contributed by atoms with Gasteiger partial charge in [0.05, 0.1) is 10.9 Å². The third kappa shape index (κ3) is 2.90. The molecular weight excluding hydrogens is 356 g/mol. The van der Waals surface area contributed by atoms with E-state index < -0.39 is 0 Å². The van der Waals surface area contributed by atoms with Gasteiger partial charge in [0, 0.05) is 38.9 Å². The molecule has 4 rings (SSSR count). The minimum atomic E-state index is -0.229. The van der Waals surface area contributed by atoms with Gasteiger partial charge < -0.3 is 14.4 Å². The molecule has 1 fully saturated rings. The fraction of sp³-hybridized carbons (Fsp3) is 0.400. The summed E-state index contributed by atoms with van der Waals surface area (Å²) in [4.78, 5) is 34.8. The fourth-order valence-corrected chi connectivity index (χ4v) is 3.80. The van der Waals surface area contributed by atoms with Crippen molar-refractivity contribution in [3.63, 3.8) is 0 Å². The molecule has 1 amide bonds. The SMILES string of the molecule is CCN1CCN(C(=O)c2cc3c(=O)n4ccccc4nc3n(CC)c2=N)CC1. The summed E-state index contributed by atoms with van der Waals surface area (Å²) in [5.41, 5.74) is 1.10. The Balaban J connectivity index is 1.88. The van der Waals surface area contributed by atoms with Crippen molar-refractivity contribution in [2.45, 2.75) is 20.4 Å². The Morgan fingerprint density at radius 2 is 1.89 bits per heavy atom. The predicted molar refractivity (Wildman–Crippen MR) is 107 cm³/mol. The van der Waals surface area contributed by atoms with Crippen LogP contribution >= 0.6 is 0 Å². The largest absolute Gasteiger partial charge is 0.336 e. The van der Waals surface area contributed by atoms with E-state index in [1.807, 2.05) is 13.0 Å². The van der Waals surface area contributed by atoms with E-state index in [0.717, 1.165) is 19.6 Å². The first-order chi connectivity index (χ1) is 13.5. The Hall–Kier alpha value is -3.00. The number of hydrogen-bond acceptors (Lipinski definition) is 5. The lowest BCUT2D eigenvalue weighted by molar-refractivity contribution is 0.0640. The molecule has 0 saturated carbocycles. The van der Waals surface area contributed by atoms with E-state index in [9.17, 15) is 9.59 Å². The number of piperazine rings is 1. The van der Waals surface area contributed by atoms with Crippen LogP contribution in [0.25, 0.3) is 16.7 Å². The smallest absolute Gasteiger partial charge is 0.267 e. The van der Waals surface area contributed by atoms with Crippen LogP contribution < -0.4 is 11.0 Å². The molecule has 8 heteroatoms. The number of fused-ring (bicyclic) bond motifs is 2. The summed E-state index contributed by atoms with van der Waals surface area (Å²) in [6.07, 6.45) is 1.67. The third-order valence-electron chi connectivity index (χ3n) is 5.47. The lowest BCUT2D eigenvalue weighted by Gasteiger charge is -2.34. The van der Waals surface area contributed by atoms with Crippen molar-refractivity contribution in [2.75, 3.05) is 32.7 Å². The molecule has 0 bridgehead atoms. The van der Waals surface area contributed by atoms with Crippen molar-refractivity contribution in [3.8, 4) is 0 Å². The molecule has 1 aliphatic heterocycles. The van der Waals surface area contributed by atoms with Gasteiger partial charge in [-0.1, -0.05) is 13.0 Å². The second-order valence-electron chi connectivity index (χ2n) is 6.96. The van der Waals surface area contributed by atoms with E-state index in [-0.39, 0.29) is 22.5 Å². The van der Waals surface area contributed by atoms with Gasteiger partial charge in [-0.05, 0) is 31.7 Å². The number of hydrogen-bond donors (Lipinski definition) is 1. The summed E-state index contributed by atoms with van der Waals surface area (Å²) < 4.78 is 3.11. The Morgan fingerprint density at radius 3 is 2.57 bits per heavy atom. The monoisotopic (exact) mass is 380 g/mol. The quantitative estimate of drug-likeness (QED) is 0.685. The zero-order valence-corrected chi connectivity index (χ0v) is 16.2. The lowest BCUT2D eigenvalue weighted by atomic mass is 10.1. The van der Waals surface area contributed by atoms with E-state index in [1.54, 1.807) is 33.9 Å². The van der Waals surface area contributed by atoms with Gasteiger partial charge in [0.2, 0.25) is 0 Å². The first kappa shape index (κ1) is 18.4. The van der Waals surface area contributed by atoms with Crippen LogP contribution in [0.4, 0.5) is 0 Å². The summed E-state index contributed by atoms with van der Waals surface area (Å²) in [6, 6.07) is 6.90. The van der Waals surface area contributed by atoms with Crippen LogP contribution in [-0.4, -0.2) is 62.4 Å². The number of amides is 1. The molecule has 3 aromatic rings. The molecule has 8 nitrogen and oxygen atoms in total. The summed E-state index contributed by atoms with van der Waals surface area (Å²) in [6.45, 7) is 8.33. The number of carbonyl (C=O) groups excluding carboxylic acids is 1. The number of aromatic nitrogens is 3. The summed E-state index contributed by atoms with van der Waals surface area (Å²) in [5.74, 6) is -0.192. The van der Waals surface area contributed by atoms with Gasteiger partial charge in [-0.15, -0.1) is 0 Å². The molecule has 1 aliphatic rings. The molecule has 3 aromatic heterocycles. The second kappa shape index (κ2) is 7.20. The van der Waals surface area contributed by atoms with Crippen LogP contribution in [0.2, 0.25) is 0 Å². The Kier molecular flexibility index (Phi) is 4.72. The van der Waals surface area contributed by atoms with Gasteiger partial charge in [-0.3, -0.25) is 19.4 Å². The van der Waals surface area contributed by atoms with Crippen molar-refractivity contribution < 1.29 is 4.79 Å². The highest BCUT2D eigenvalue weighted by Crippen LogP contribution is 2.13. The third-order valence-corrected chi connectivity index (χ3v) is 5.47. The van der Waals surface area contributed by atoms with Crippen molar-refractivity contribution >= 4 is 22.6 Å². The molecule has 0 aliphatic carbocycles. The average molecular weight is 380 g/mol. The van der Waals surface area contributed by atoms with E-state index in [4.69, 9.17) is 5.41 Å². The van der Waals surface area contributed by atoms with Gasteiger partial charge in [-0.25, -0.2) is 4.98 Å². The minimum absolute atomic E-state index is 0.102. The highest BCUT2D eigenvalue weighted by molar-refractivity contribution is 5.97. The molecule has 1 N–H and O–H groups in total. The first-order valence-corrected chi connectivity index (χ1v) is 9.66. The average Bonchev–Trinajstić information content (AvgIpc) is 2.73. The van der Waals surface area contributed by atoms with E-state index in [0.29, 0.717) is 36.3 Å². The zero-order chi connectivity index (χ0) is 19.8. The van der Waals surface area contributed by atoms with E-state index >= 15 is 0 Å². The van der Waals surface area contributed by atoms with Crippen LogP contribution in [0.1, 0.15) is 24.2 Å². The molecule has 0 radical (unpaired) electrons. The Morgan fingerprint density at radius 1 is 1.14 bits per heavy atom. The highest BCUT2D eigenvalue weighted by Gasteiger charge is 2.24. The van der Waals surface area contributed by atoms with Crippen molar-refractivity contribution in [3.05, 3.63) is 51.9 Å². The van der Waals surface area contributed by atoms with Crippen LogP contribution in [0, 0.1) is 5.41 Å². The number of aryl methyl sites for hydroxylation is 1. The Bertz CT molecular complexity index is 1170. The van der Waals surface area contributed by atoms with E-state index in [1.165, 1.54) is 4.40 Å². The maximum Gasteiger partial charge on any atom is 0.267 e. The highest BCUT2D eigenvalue weighted by atomic mass is 16.2. The van der Waals surface area contributed by atoms with Crippen LogP contribution in [0.15, 0.2) is 35.3 Å². The topological polar surface area (TPSA) is 86.7 Å². The first-order valence-electron chi connectivity index (χ1n) is 9.66. The van der Waals surface area contributed by atoms with Crippen LogP contribution in [0.5, 0.6) is 0 Å². The van der Waals surface area contributed by atoms with E-state index in [2.05, 4.69) is 16.8 Å². The molecule has 0 unspecified atom stereocenters. The number of likely N-dealkylation sites (N-methyl/N-ethyl adjacent to an activating group) is 1. The number of carbonyl (C=O) groups is 1. The Labute approximate surface area is 162 Å². The molecule has 1 saturated heterocycles. The maximum absolute atomic E-state index is 13.1. The van der Waals surface area contributed by atoms with Crippen molar-refractivity contribution in [1.82, 2.24) is 23.8 Å². The fourth-order valence-electron chi connectivity index (χ4n) is 3.80. The summed E-state index contributed by atoms with van der Waals surface area (Å²) >= 11 is 0. The second-order valence-corrected chi connectivity index (χ2v) is 6.96. The van der Waals surface area contributed by atoms with Gasteiger partial charge in [-0.2, -0.15) is 0 Å². The normalized spacial score (nSPS) is 15.4. The zero-order valence-electron chi connectivity index (χ0n) is 16.2. The molecule has 4 heterocycles. The standard InChI is InChI=1S/C20H24N6O2/c1-3-23-9-11-24(12-10-23)19(27)14-13-15-18(25(4-2)17(14)21)22-16-7-5-6-8-26(16)20(15)28/h5-8,13,21H,3-4,9-12H2,1-2H3.